The molecule has 3 heteroatoms. The summed E-state index contributed by atoms with van der Waals surface area (Å²) in [5, 5.41) is 2.77. The molecular weight excluding hydrogens is 226 g/mol. The van der Waals surface area contributed by atoms with Crippen molar-refractivity contribution in [3.63, 3.8) is 0 Å². The zero-order chi connectivity index (χ0) is 13.8. The number of benzene rings is 1. The molecule has 1 N–H and O–H groups in total. The Morgan fingerprint density at radius 2 is 2.00 bits per heavy atom. The van der Waals surface area contributed by atoms with Crippen LogP contribution in [0.2, 0.25) is 0 Å². The third-order valence-corrected chi connectivity index (χ3v) is 2.64. The third-order valence-electron chi connectivity index (χ3n) is 2.64. The highest BCUT2D eigenvalue weighted by atomic mass is 16.6. The molecule has 0 aliphatic rings. The van der Waals surface area contributed by atoms with Crippen LogP contribution in [0.5, 0.6) is 0 Å². The lowest BCUT2D eigenvalue weighted by atomic mass is 10.0. The quantitative estimate of drug-likeness (QED) is 0.889. The molecule has 0 aliphatic heterocycles. The van der Waals surface area contributed by atoms with Crippen molar-refractivity contribution in [3.8, 4) is 0 Å². The van der Waals surface area contributed by atoms with Gasteiger partial charge in [0.15, 0.2) is 0 Å². The SMILES string of the molecule is CCc1ccc(CNC(=O)OC(C)(C)C)c(C)c1. The molecule has 0 radical (unpaired) electrons. The van der Waals surface area contributed by atoms with E-state index >= 15 is 0 Å². The molecule has 100 valence electrons. The predicted octanol–water partition coefficient (Wildman–Crippen LogP) is 3.58. The highest BCUT2D eigenvalue weighted by molar-refractivity contribution is 5.67. The molecule has 0 fully saturated rings. The van der Waals surface area contributed by atoms with E-state index in [-0.39, 0.29) is 6.09 Å². The van der Waals surface area contributed by atoms with Crippen molar-refractivity contribution >= 4 is 6.09 Å². The zero-order valence-electron chi connectivity index (χ0n) is 12.0. The maximum Gasteiger partial charge on any atom is 0.407 e. The van der Waals surface area contributed by atoms with E-state index in [1.54, 1.807) is 0 Å². The summed E-state index contributed by atoms with van der Waals surface area (Å²) in [4.78, 5) is 11.5. The Morgan fingerprint density at radius 3 is 2.50 bits per heavy atom. The van der Waals surface area contributed by atoms with Crippen LogP contribution in [0.3, 0.4) is 0 Å². The van der Waals surface area contributed by atoms with Crippen LogP contribution in [0.4, 0.5) is 4.79 Å². The molecule has 0 aliphatic carbocycles. The lowest BCUT2D eigenvalue weighted by Crippen LogP contribution is -2.32. The highest BCUT2D eigenvalue weighted by Crippen LogP contribution is 2.12. The normalized spacial score (nSPS) is 11.2. The number of amides is 1. The molecule has 1 aromatic rings. The molecule has 0 atom stereocenters. The van der Waals surface area contributed by atoms with Gasteiger partial charge in [0, 0.05) is 6.54 Å². The number of alkyl carbamates (subject to hydrolysis) is 1. The Bertz CT molecular complexity index is 419. The molecule has 0 heterocycles. The van der Waals surface area contributed by atoms with Gasteiger partial charge in [0.1, 0.15) is 5.60 Å². The van der Waals surface area contributed by atoms with Gasteiger partial charge in [-0.25, -0.2) is 4.79 Å². The van der Waals surface area contributed by atoms with Crippen molar-refractivity contribution in [1.82, 2.24) is 5.32 Å². The van der Waals surface area contributed by atoms with Crippen LogP contribution < -0.4 is 5.32 Å². The molecule has 1 rings (SSSR count). The first-order chi connectivity index (χ1) is 8.31. The van der Waals surface area contributed by atoms with Gasteiger partial charge < -0.3 is 10.1 Å². The summed E-state index contributed by atoms with van der Waals surface area (Å²) in [7, 11) is 0. The van der Waals surface area contributed by atoms with Crippen molar-refractivity contribution in [3.05, 3.63) is 34.9 Å². The second-order valence-corrected chi connectivity index (χ2v) is 5.47. The van der Waals surface area contributed by atoms with Gasteiger partial charge in [-0.3, -0.25) is 0 Å². The molecular formula is C15H23NO2. The van der Waals surface area contributed by atoms with Crippen LogP contribution in [0, 0.1) is 6.92 Å². The van der Waals surface area contributed by atoms with Gasteiger partial charge in [-0.05, 0) is 50.8 Å². The molecule has 0 bridgehead atoms. The van der Waals surface area contributed by atoms with Crippen molar-refractivity contribution in [2.45, 2.75) is 53.2 Å². The molecule has 3 nitrogen and oxygen atoms in total. The molecule has 1 amide bonds. The maximum absolute atomic E-state index is 11.5. The van der Waals surface area contributed by atoms with E-state index in [2.05, 4.69) is 37.4 Å². The molecule has 18 heavy (non-hydrogen) atoms. The number of carbonyl (C=O) groups excluding carboxylic acids is 1. The van der Waals surface area contributed by atoms with Crippen molar-refractivity contribution < 1.29 is 9.53 Å². The Balaban J connectivity index is 2.56. The second kappa shape index (κ2) is 5.89. The molecule has 0 saturated heterocycles. The smallest absolute Gasteiger partial charge is 0.407 e. The first-order valence-corrected chi connectivity index (χ1v) is 6.37. The van der Waals surface area contributed by atoms with Gasteiger partial charge in [-0.2, -0.15) is 0 Å². The lowest BCUT2D eigenvalue weighted by Gasteiger charge is -2.20. The van der Waals surface area contributed by atoms with Crippen LogP contribution in [0.25, 0.3) is 0 Å². The van der Waals surface area contributed by atoms with Crippen molar-refractivity contribution in [2.75, 3.05) is 0 Å². The van der Waals surface area contributed by atoms with Gasteiger partial charge >= 0.3 is 6.09 Å². The number of aryl methyl sites for hydroxylation is 2. The summed E-state index contributed by atoms with van der Waals surface area (Å²) in [5.41, 5.74) is 3.18. The van der Waals surface area contributed by atoms with Crippen molar-refractivity contribution in [2.24, 2.45) is 0 Å². The number of ether oxygens (including phenoxy) is 1. The summed E-state index contributed by atoms with van der Waals surface area (Å²) in [6.45, 7) is 10.3. The number of carbonyl (C=O) groups is 1. The largest absolute Gasteiger partial charge is 0.444 e. The molecule has 1 aromatic carbocycles. The fourth-order valence-electron chi connectivity index (χ4n) is 1.66. The van der Waals surface area contributed by atoms with E-state index in [4.69, 9.17) is 4.74 Å². The van der Waals surface area contributed by atoms with E-state index in [1.807, 2.05) is 20.8 Å². The first kappa shape index (κ1) is 14.6. The van der Waals surface area contributed by atoms with Gasteiger partial charge in [-0.15, -0.1) is 0 Å². The summed E-state index contributed by atoms with van der Waals surface area (Å²) in [6, 6.07) is 6.32. The van der Waals surface area contributed by atoms with E-state index in [9.17, 15) is 4.79 Å². The minimum atomic E-state index is -0.453. The van der Waals surface area contributed by atoms with Crippen LogP contribution in [0.15, 0.2) is 18.2 Å². The number of rotatable bonds is 3. The fraction of sp³-hybridized carbons (Fsp3) is 0.533. The topological polar surface area (TPSA) is 38.3 Å². The molecule has 0 spiro atoms. The summed E-state index contributed by atoms with van der Waals surface area (Å²) < 4.78 is 5.19. The zero-order valence-corrected chi connectivity index (χ0v) is 12.0. The van der Waals surface area contributed by atoms with Crippen LogP contribution in [-0.4, -0.2) is 11.7 Å². The number of nitrogens with one attached hydrogen (secondary N) is 1. The Hall–Kier alpha value is -1.51. The summed E-state index contributed by atoms with van der Waals surface area (Å²) in [6.07, 6.45) is 0.655. The maximum atomic E-state index is 11.5. The molecule has 0 saturated carbocycles. The number of hydrogen-bond donors (Lipinski definition) is 1. The summed E-state index contributed by atoms with van der Waals surface area (Å²) in [5.74, 6) is 0. The monoisotopic (exact) mass is 249 g/mol. The molecule has 0 unspecified atom stereocenters. The standard InChI is InChI=1S/C15H23NO2/c1-6-12-7-8-13(11(2)9-12)10-16-14(17)18-15(3,4)5/h7-9H,6,10H2,1-5H3,(H,16,17). The fourth-order valence-corrected chi connectivity index (χ4v) is 1.66. The van der Waals surface area contributed by atoms with Gasteiger partial charge in [0.2, 0.25) is 0 Å². The second-order valence-electron chi connectivity index (χ2n) is 5.47. The Morgan fingerprint density at radius 1 is 1.33 bits per heavy atom. The van der Waals surface area contributed by atoms with Gasteiger partial charge in [-0.1, -0.05) is 25.1 Å². The van der Waals surface area contributed by atoms with Crippen molar-refractivity contribution in [1.29, 1.82) is 0 Å². The van der Waals surface area contributed by atoms with Gasteiger partial charge in [0.25, 0.3) is 0 Å². The molecule has 0 aromatic heterocycles. The average molecular weight is 249 g/mol. The highest BCUT2D eigenvalue weighted by Gasteiger charge is 2.15. The minimum Gasteiger partial charge on any atom is -0.444 e. The van der Waals surface area contributed by atoms with Gasteiger partial charge in [0.05, 0.1) is 0 Å². The lowest BCUT2D eigenvalue weighted by molar-refractivity contribution is 0.0523. The van der Waals surface area contributed by atoms with Crippen LogP contribution in [-0.2, 0) is 17.7 Å². The minimum absolute atomic E-state index is 0.374. The van der Waals surface area contributed by atoms with E-state index < -0.39 is 5.60 Å². The van der Waals surface area contributed by atoms with E-state index in [0.717, 1.165) is 12.0 Å². The van der Waals surface area contributed by atoms with E-state index in [0.29, 0.717) is 6.54 Å². The first-order valence-electron chi connectivity index (χ1n) is 6.37. The Labute approximate surface area is 110 Å². The van der Waals surface area contributed by atoms with Crippen LogP contribution in [0.1, 0.15) is 44.4 Å². The third kappa shape index (κ3) is 4.78. The van der Waals surface area contributed by atoms with Crippen LogP contribution >= 0.6 is 0 Å². The summed E-state index contributed by atoms with van der Waals surface area (Å²) >= 11 is 0. The predicted molar refractivity (Wildman–Crippen MR) is 73.6 cm³/mol. The van der Waals surface area contributed by atoms with E-state index in [1.165, 1.54) is 11.1 Å². The Kier molecular flexibility index (Phi) is 4.76. The average Bonchev–Trinajstić information content (AvgIpc) is 2.25. The number of hydrogen-bond acceptors (Lipinski definition) is 2.